The number of ketones is 2. The molecule has 328 valence electrons. The van der Waals surface area contributed by atoms with Crippen molar-refractivity contribution in [2.24, 2.45) is 0 Å². The Hall–Kier alpha value is -8.71. The van der Waals surface area contributed by atoms with Gasteiger partial charge in [0.15, 0.2) is 0 Å². The number of rotatable bonds is 1. The van der Waals surface area contributed by atoms with E-state index >= 15 is 0 Å². The molecule has 0 amide bonds. The Balaban J connectivity index is 0.000000105. The molecule has 0 fully saturated rings. The summed E-state index contributed by atoms with van der Waals surface area (Å²) < 4.78 is 31.9. The SMILES string of the molecule is Cc1ccc(N)c(N)c1.Cc1ccc2nc3c(nc2c1)-c1cccc2cccc-3c12.O=C1C(=O)c2cccc3cccc1c23.O=S(=O)(O)c1ccc2nc3c(nc2c1)-c1cccc2cccc-3c12. The van der Waals surface area contributed by atoms with Crippen LogP contribution in [0.1, 0.15) is 31.8 Å². The molecular weight excluding hydrogens is 869 g/mol. The van der Waals surface area contributed by atoms with Crippen LogP contribution in [0.4, 0.5) is 11.4 Å². The minimum absolute atomic E-state index is 0.182. The van der Waals surface area contributed by atoms with Crippen molar-refractivity contribution < 1.29 is 22.6 Å². The number of hydrogen-bond acceptors (Lipinski definition) is 10. The van der Waals surface area contributed by atoms with E-state index in [1.165, 1.54) is 39.6 Å². The van der Waals surface area contributed by atoms with Crippen molar-refractivity contribution in [2.45, 2.75) is 18.7 Å². The monoisotopic (exact) mass is 906 g/mol. The largest absolute Gasteiger partial charge is 0.397 e. The molecule has 0 saturated heterocycles. The van der Waals surface area contributed by atoms with Crippen molar-refractivity contribution in [2.75, 3.05) is 11.5 Å². The van der Waals surface area contributed by atoms with E-state index in [-0.39, 0.29) is 16.5 Å². The molecule has 3 aliphatic rings. The van der Waals surface area contributed by atoms with Crippen LogP contribution in [0.25, 0.3) is 99.4 Å². The number of aryl methyl sites for hydroxylation is 2. The summed E-state index contributed by atoms with van der Waals surface area (Å²) in [6, 6.07) is 51.8. The predicted molar refractivity (Wildman–Crippen MR) is 270 cm³/mol. The second-order valence-electron chi connectivity index (χ2n) is 16.9. The number of anilines is 2. The summed E-state index contributed by atoms with van der Waals surface area (Å²) in [6.45, 7) is 4.07. The van der Waals surface area contributed by atoms with Crippen LogP contribution in [0.15, 0.2) is 169 Å². The molecule has 11 nitrogen and oxygen atoms in total. The highest BCUT2D eigenvalue weighted by molar-refractivity contribution is 7.85. The third-order valence-electron chi connectivity index (χ3n) is 12.4. The fraction of sp³-hybridized carbons (Fsp3) is 0.0357. The van der Waals surface area contributed by atoms with Gasteiger partial charge in [-0.2, -0.15) is 8.42 Å². The molecule has 0 radical (unpaired) electrons. The third kappa shape index (κ3) is 7.07. The van der Waals surface area contributed by atoms with Crippen LogP contribution in [0.2, 0.25) is 0 Å². The zero-order chi connectivity index (χ0) is 47.0. The number of aromatic nitrogens is 4. The Morgan fingerprint density at radius 1 is 0.397 bits per heavy atom. The van der Waals surface area contributed by atoms with Crippen LogP contribution in [0.3, 0.4) is 0 Å². The smallest absolute Gasteiger partial charge is 0.294 e. The molecule has 3 aliphatic carbocycles. The van der Waals surface area contributed by atoms with Crippen molar-refractivity contribution in [1.82, 2.24) is 19.9 Å². The van der Waals surface area contributed by atoms with E-state index in [9.17, 15) is 22.6 Å². The maximum Gasteiger partial charge on any atom is 0.294 e. The van der Waals surface area contributed by atoms with Crippen molar-refractivity contribution in [3.63, 3.8) is 0 Å². The quantitative estimate of drug-likeness (QED) is 0.0806. The van der Waals surface area contributed by atoms with Crippen LogP contribution in [-0.2, 0) is 10.1 Å². The third-order valence-corrected chi connectivity index (χ3v) is 13.3. The first-order valence-corrected chi connectivity index (χ1v) is 23.1. The van der Waals surface area contributed by atoms with E-state index in [1.807, 2.05) is 73.7 Å². The lowest BCUT2D eigenvalue weighted by atomic mass is 10.0. The van der Waals surface area contributed by atoms with E-state index in [0.29, 0.717) is 33.5 Å². The van der Waals surface area contributed by atoms with Crippen molar-refractivity contribution >= 4 is 87.4 Å². The van der Waals surface area contributed by atoms with E-state index in [1.54, 1.807) is 30.3 Å². The summed E-state index contributed by atoms with van der Waals surface area (Å²) in [5, 5.41) is 6.53. The zero-order valence-electron chi connectivity index (χ0n) is 36.5. The van der Waals surface area contributed by atoms with Gasteiger partial charge in [-0.25, -0.2) is 19.9 Å². The van der Waals surface area contributed by atoms with Crippen molar-refractivity contribution in [3.05, 3.63) is 186 Å². The molecule has 2 heterocycles. The van der Waals surface area contributed by atoms with Crippen LogP contribution in [-0.4, -0.2) is 44.5 Å². The molecule has 11 aromatic rings. The first-order valence-electron chi connectivity index (χ1n) is 21.7. The number of carbonyl (C=O) groups is 2. The lowest BCUT2D eigenvalue weighted by molar-refractivity contribution is 0.0825. The zero-order valence-corrected chi connectivity index (χ0v) is 37.3. The molecule has 12 heteroatoms. The number of fused-ring (bicyclic) bond motifs is 8. The molecule has 0 bridgehead atoms. The number of nitrogens with zero attached hydrogens (tertiary/aromatic N) is 4. The maximum atomic E-state index is 11.5. The Kier molecular flexibility index (Phi) is 9.88. The molecule has 9 aromatic carbocycles. The minimum Gasteiger partial charge on any atom is -0.397 e. The van der Waals surface area contributed by atoms with Gasteiger partial charge in [0, 0.05) is 49.5 Å². The lowest BCUT2D eigenvalue weighted by Crippen LogP contribution is -2.05. The second-order valence-corrected chi connectivity index (χ2v) is 18.3. The van der Waals surface area contributed by atoms with E-state index < -0.39 is 10.1 Å². The molecule has 0 aliphatic heterocycles. The normalized spacial score (nSPS) is 12.3. The number of nitrogens with two attached hydrogens (primary N) is 2. The highest BCUT2D eigenvalue weighted by Gasteiger charge is 2.30. The minimum atomic E-state index is -4.27. The summed E-state index contributed by atoms with van der Waals surface area (Å²) in [4.78, 5) is 42.0. The van der Waals surface area contributed by atoms with Crippen LogP contribution >= 0.6 is 0 Å². The van der Waals surface area contributed by atoms with Crippen LogP contribution in [0.5, 0.6) is 0 Å². The molecule has 0 unspecified atom stereocenters. The number of benzene rings is 9. The van der Waals surface area contributed by atoms with Crippen LogP contribution < -0.4 is 11.5 Å². The Morgan fingerprint density at radius 3 is 1.16 bits per heavy atom. The van der Waals surface area contributed by atoms with Gasteiger partial charge in [-0.05, 0) is 83.6 Å². The van der Waals surface area contributed by atoms with Gasteiger partial charge in [0.1, 0.15) is 0 Å². The number of carbonyl (C=O) groups excluding carboxylic acids is 2. The van der Waals surface area contributed by atoms with Crippen molar-refractivity contribution in [3.8, 4) is 45.0 Å². The summed E-state index contributed by atoms with van der Waals surface area (Å²) in [6.07, 6.45) is 0. The van der Waals surface area contributed by atoms with E-state index in [0.717, 1.165) is 72.0 Å². The summed E-state index contributed by atoms with van der Waals surface area (Å²) in [5.74, 6) is -0.756. The van der Waals surface area contributed by atoms with E-state index in [4.69, 9.17) is 21.4 Å². The van der Waals surface area contributed by atoms with E-state index in [2.05, 4.69) is 71.5 Å². The Bertz CT molecular complexity index is 4060. The van der Waals surface area contributed by atoms with Gasteiger partial charge < -0.3 is 11.5 Å². The molecule has 14 rings (SSSR count). The van der Waals surface area contributed by atoms with Crippen molar-refractivity contribution in [1.29, 1.82) is 0 Å². The van der Waals surface area contributed by atoms with Gasteiger partial charge in [0.25, 0.3) is 10.1 Å². The van der Waals surface area contributed by atoms with Crippen LogP contribution in [0, 0.1) is 13.8 Å². The van der Waals surface area contributed by atoms with Gasteiger partial charge in [-0.15, -0.1) is 0 Å². The summed E-state index contributed by atoms with van der Waals surface area (Å²) in [7, 11) is -4.27. The molecule has 5 N–H and O–H groups in total. The fourth-order valence-electron chi connectivity index (χ4n) is 9.24. The first kappa shape index (κ1) is 42.0. The molecule has 0 saturated carbocycles. The standard InChI is InChI=1S/C19H12N2.C18H10N2O3S.C12H6O2.C7H10N2/c1-11-8-9-15-16(10-11)21-19-14-7-3-5-12-4-2-6-13(17(12)14)18(19)20-15;21-24(22,23)11-7-8-14-15(9-11)20-18-13-6-2-4-10-3-1-5-12(16(10)13)17(18)19-14;13-11-8-5-1-3-7-4-2-6-9(10(7)8)12(11)14;1-5-2-3-6(8)7(9)4-5/h2-10H,1H3;1-9H,(H,21,22,23);1-6H;2-4H,8-9H2,1H3. The first-order chi connectivity index (χ1) is 32.8. The second kappa shape index (κ2) is 16.0. The highest BCUT2D eigenvalue weighted by atomic mass is 32.2. The predicted octanol–water partition coefficient (Wildman–Crippen LogP) is 11.8. The van der Waals surface area contributed by atoms with Gasteiger partial charge >= 0.3 is 0 Å². The lowest BCUT2D eigenvalue weighted by Gasteiger charge is -2.05. The van der Waals surface area contributed by atoms with Gasteiger partial charge in [0.05, 0.1) is 61.1 Å². The van der Waals surface area contributed by atoms with Gasteiger partial charge in [-0.1, -0.05) is 121 Å². The topological polar surface area (TPSA) is 192 Å². The molecule has 0 spiro atoms. The number of Topliss-reactive ketones (excluding diaryl/α,β-unsaturated/α-hetero) is 2. The summed E-state index contributed by atoms with van der Waals surface area (Å²) >= 11 is 0. The average Bonchev–Trinajstić information content (AvgIpc) is 3.92. The average molecular weight is 907 g/mol. The summed E-state index contributed by atoms with van der Waals surface area (Å²) in [5.41, 5.74) is 26.7. The number of nitrogen functional groups attached to an aromatic ring is 2. The molecular formula is C56H38N6O5S. The Labute approximate surface area is 389 Å². The highest BCUT2D eigenvalue weighted by Crippen LogP contribution is 2.47. The Morgan fingerprint density at radius 2 is 0.750 bits per heavy atom. The van der Waals surface area contributed by atoms with Gasteiger partial charge in [0.2, 0.25) is 11.6 Å². The number of hydrogen-bond donors (Lipinski definition) is 3. The maximum absolute atomic E-state index is 11.5. The molecule has 2 aromatic heterocycles. The molecule has 0 atom stereocenters. The van der Waals surface area contributed by atoms with Gasteiger partial charge in [-0.3, -0.25) is 14.1 Å². The molecule has 68 heavy (non-hydrogen) atoms. The fourth-order valence-corrected chi connectivity index (χ4v) is 9.74.